The van der Waals surface area contributed by atoms with Gasteiger partial charge in [-0.15, -0.1) is 0 Å². The molecule has 106 valence electrons. The van der Waals surface area contributed by atoms with Crippen LogP contribution < -0.4 is 0 Å². The molecule has 0 N–H and O–H groups in total. The molecule has 0 aliphatic carbocycles. The van der Waals surface area contributed by atoms with Gasteiger partial charge in [-0.25, -0.2) is 0 Å². The Bertz CT molecular complexity index is 976. The monoisotopic (exact) mass is 351 g/mol. The van der Waals surface area contributed by atoms with E-state index in [9.17, 15) is 10.0 Å². The lowest BCUT2D eigenvalue weighted by atomic mass is 10.00. The minimum Gasteiger partial charge on any atom is -0.618 e. The summed E-state index contributed by atoms with van der Waals surface area (Å²) >= 11 is 3.37. The lowest BCUT2D eigenvalue weighted by Crippen LogP contribution is -2.16. The second-order valence-corrected chi connectivity index (χ2v) is 6.11. The second kappa shape index (κ2) is 4.78. The maximum Gasteiger partial charge on any atom is 0.272 e. The van der Waals surface area contributed by atoms with E-state index in [1.807, 2.05) is 36.4 Å². The molecule has 1 aliphatic rings. The zero-order valence-corrected chi connectivity index (χ0v) is 13.0. The van der Waals surface area contributed by atoms with Gasteiger partial charge in [-0.2, -0.15) is 4.74 Å². The summed E-state index contributed by atoms with van der Waals surface area (Å²) in [7, 11) is 0. The van der Waals surface area contributed by atoms with Crippen molar-refractivity contribution in [3.63, 3.8) is 0 Å². The summed E-state index contributed by atoms with van der Waals surface area (Å²) in [5.74, 6) is -0.228. The van der Waals surface area contributed by atoms with Crippen LogP contribution in [0.15, 0.2) is 65.1 Å². The highest BCUT2D eigenvalue weighted by Gasteiger charge is 2.36. The molecular formula is C18H10BrNO2. The highest BCUT2D eigenvalue weighted by molar-refractivity contribution is 9.10. The second-order valence-electron chi connectivity index (χ2n) is 5.20. The molecule has 0 saturated carbocycles. The Morgan fingerprint density at radius 3 is 2.36 bits per heavy atom. The van der Waals surface area contributed by atoms with Gasteiger partial charge in [0.25, 0.3) is 11.5 Å². The van der Waals surface area contributed by atoms with Crippen LogP contribution in [0.1, 0.15) is 15.9 Å². The summed E-state index contributed by atoms with van der Waals surface area (Å²) < 4.78 is 1.58. The lowest BCUT2D eigenvalue weighted by Gasteiger charge is -2.03. The number of carbonyl (C=O) groups is 1. The van der Waals surface area contributed by atoms with Crippen LogP contribution in [0, 0.1) is 5.21 Å². The first kappa shape index (κ1) is 13.2. The average Bonchev–Trinajstić information content (AvgIpc) is 2.76. The van der Waals surface area contributed by atoms with Gasteiger partial charge in [-0.1, -0.05) is 46.3 Å². The molecule has 1 aliphatic heterocycles. The van der Waals surface area contributed by atoms with Crippen molar-refractivity contribution in [2.45, 2.75) is 0 Å². The molecule has 0 atom stereocenters. The van der Waals surface area contributed by atoms with Crippen LogP contribution in [-0.2, 0) is 0 Å². The number of nitrogens with zero attached hydrogens (tertiary/aromatic N) is 1. The normalized spacial score (nSPS) is 13.8. The predicted molar refractivity (Wildman–Crippen MR) is 89.8 cm³/mol. The fourth-order valence-electron chi connectivity index (χ4n) is 2.80. The molecule has 22 heavy (non-hydrogen) atoms. The highest BCUT2D eigenvalue weighted by atomic mass is 79.9. The molecule has 0 saturated heterocycles. The van der Waals surface area contributed by atoms with Crippen LogP contribution >= 0.6 is 15.9 Å². The molecular weight excluding hydrogens is 342 g/mol. The first-order valence-electron chi connectivity index (χ1n) is 6.83. The third-order valence-electron chi connectivity index (χ3n) is 3.84. The van der Waals surface area contributed by atoms with Crippen LogP contribution in [0.4, 0.5) is 5.69 Å². The van der Waals surface area contributed by atoms with Gasteiger partial charge in [0.15, 0.2) is 0 Å². The SMILES string of the molecule is O=C1C(c2cccc(Br)c2)=[N+]([O-])c2cc3ccccc3cc21. The molecule has 4 rings (SSSR count). The molecule has 0 bridgehead atoms. The zero-order chi connectivity index (χ0) is 15.3. The Morgan fingerprint density at radius 1 is 0.909 bits per heavy atom. The number of hydrogen-bond donors (Lipinski definition) is 0. The van der Waals surface area contributed by atoms with Gasteiger partial charge in [-0.05, 0) is 35.0 Å². The van der Waals surface area contributed by atoms with Gasteiger partial charge < -0.3 is 5.21 Å². The molecule has 0 aromatic heterocycles. The summed E-state index contributed by atoms with van der Waals surface area (Å²) in [6.45, 7) is 0. The molecule has 0 unspecified atom stereocenters. The maximum atomic E-state index is 12.7. The van der Waals surface area contributed by atoms with E-state index in [0.29, 0.717) is 16.8 Å². The fourth-order valence-corrected chi connectivity index (χ4v) is 3.20. The Morgan fingerprint density at radius 2 is 1.64 bits per heavy atom. The van der Waals surface area contributed by atoms with Gasteiger partial charge in [0.1, 0.15) is 5.56 Å². The number of Topliss-reactive ketones (excluding diaryl/α,β-unsaturated/α-hetero) is 1. The van der Waals surface area contributed by atoms with Crippen LogP contribution in [-0.4, -0.2) is 16.2 Å². The number of benzene rings is 3. The van der Waals surface area contributed by atoms with Crippen molar-refractivity contribution in [1.29, 1.82) is 0 Å². The van der Waals surface area contributed by atoms with Crippen molar-refractivity contribution in [3.8, 4) is 0 Å². The van der Waals surface area contributed by atoms with Crippen molar-refractivity contribution < 1.29 is 9.53 Å². The molecule has 3 aromatic carbocycles. The Hall–Kier alpha value is -2.46. The predicted octanol–water partition coefficient (Wildman–Crippen LogP) is 4.43. The van der Waals surface area contributed by atoms with Crippen LogP contribution in [0.5, 0.6) is 0 Å². The zero-order valence-electron chi connectivity index (χ0n) is 11.4. The quantitative estimate of drug-likeness (QED) is 0.480. The molecule has 0 radical (unpaired) electrons. The first-order chi connectivity index (χ1) is 10.6. The first-order valence-corrected chi connectivity index (χ1v) is 7.62. The highest BCUT2D eigenvalue weighted by Crippen LogP contribution is 2.32. The summed E-state index contributed by atoms with van der Waals surface area (Å²) in [4.78, 5) is 12.7. The third-order valence-corrected chi connectivity index (χ3v) is 4.34. The Labute approximate surface area is 135 Å². The maximum absolute atomic E-state index is 12.7. The molecule has 3 nitrogen and oxygen atoms in total. The van der Waals surface area contributed by atoms with E-state index in [0.717, 1.165) is 20.0 Å². The molecule has 0 amide bonds. The fraction of sp³-hybridized carbons (Fsp3) is 0. The summed E-state index contributed by atoms with van der Waals surface area (Å²) in [5.41, 5.74) is 1.67. The van der Waals surface area contributed by atoms with Crippen molar-refractivity contribution in [2.75, 3.05) is 0 Å². The topological polar surface area (TPSA) is 43.1 Å². The van der Waals surface area contributed by atoms with Crippen LogP contribution in [0.3, 0.4) is 0 Å². The lowest BCUT2D eigenvalue weighted by molar-refractivity contribution is -0.355. The molecule has 0 spiro atoms. The average molecular weight is 352 g/mol. The van der Waals surface area contributed by atoms with E-state index in [1.165, 1.54) is 0 Å². The number of hydrogen-bond acceptors (Lipinski definition) is 2. The van der Waals surface area contributed by atoms with Gasteiger partial charge in [0.05, 0.1) is 5.56 Å². The van der Waals surface area contributed by atoms with E-state index in [4.69, 9.17) is 0 Å². The van der Waals surface area contributed by atoms with E-state index in [-0.39, 0.29) is 11.5 Å². The third kappa shape index (κ3) is 1.88. The van der Waals surface area contributed by atoms with Crippen molar-refractivity contribution in [3.05, 3.63) is 81.5 Å². The molecule has 3 aromatic rings. The number of carbonyl (C=O) groups excluding carboxylic acids is 1. The van der Waals surface area contributed by atoms with Gasteiger partial charge in [-0.3, -0.25) is 4.79 Å². The largest absolute Gasteiger partial charge is 0.618 e. The molecule has 1 heterocycles. The Kier molecular flexibility index (Phi) is 2.87. The van der Waals surface area contributed by atoms with E-state index >= 15 is 0 Å². The summed E-state index contributed by atoms with van der Waals surface area (Å²) in [5, 5.41) is 14.5. The van der Waals surface area contributed by atoms with Crippen molar-refractivity contribution >= 4 is 43.9 Å². The number of halogens is 1. The van der Waals surface area contributed by atoms with Crippen molar-refractivity contribution in [1.82, 2.24) is 0 Å². The molecule has 0 fully saturated rings. The minimum absolute atomic E-state index is 0.173. The van der Waals surface area contributed by atoms with Gasteiger partial charge >= 0.3 is 0 Å². The van der Waals surface area contributed by atoms with Gasteiger partial charge in [0.2, 0.25) is 5.69 Å². The smallest absolute Gasteiger partial charge is 0.272 e. The number of fused-ring (bicyclic) bond motifs is 2. The van der Waals surface area contributed by atoms with E-state index in [2.05, 4.69) is 15.9 Å². The molecule has 4 heteroatoms. The Balaban J connectivity index is 1.97. The summed E-state index contributed by atoms with van der Waals surface area (Å²) in [6.07, 6.45) is 0. The van der Waals surface area contributed by atoms with Crippen LogP contribution in [0.2, 0.25) is 0 Å². The van der Waals surface area contributed by atoms with E-state index in [1.54, 1.807) is 24.3 Å². The van der Waals surface area contributed by atoms with Crippen LogP contribution in [0.25, 0.3) is 10.8 Å². The summed E-state index contributed by atoms with van der Waals surface area (Å²) in [6, 6.07) is 18.5. The van der Waals surface area contributed by atoms with Crippen molar-refractivity contribution in [2.24, 2.45) is 0 Å². The van der Waals surface area contributed by atoms with E-state index < -0.39 is 0 Å². The number of ketones is 1. The van der Waals surface area contributed by atoms with Gasteiger partial charge in [0, 0.05) is 10.5 Å². The number of rotatable bonds is 1. The minimum atomic E-state index is -0.228. The standard InChI is InChI=1S/C18H10BrNO2/c19-14-7-3-6-13(8-14)17-18(21)15-9-11-4-1-2-5-12(11)10-16(15)20(17)22/h1-10H.